The van der Waals surface area contributed by atoms with Crippen LogP contribution in [0.3, 0.4) is 0 Å². The lowest BCUT2D eigenvalue weighted by Crippen LogP contribution is -2.35. The van der Waals surface area contributed by atoms with Crippen LogP contribution in [0.4, 0.5) is 10.1 Å². The lowest BCUT2D eigenvalue weighted by Gasteiger charge is -2.40. The summed E-state index contributed by atoms with van der Waals surface area (Å²) in [6.45, 7) is 6.54. The molecule has 0 aromatic heterocycles. The number of benzene rings is 2. The first-order valence-electron chi connectivity index (χ1n) is 11.1. The van der Waals surface area contributed by atoms with Gasteiger partial charge in [0.2, 0.25) is 0 Å². The molecule has 3 rings (SSSR count). The number of rotatable bonds is 7. The standard InChI is InChI=1S/C25H35FNO3P/c1-17(2)23-15-6-18(3)16-24(23)30-31(29,22-13-11-21(12-14-22)27(4)5)25(28)19-7-9-20(26)10-8-19/h7-14,17-18,23-25,28H,6,15-16H2,1-5H3/t18-,23+,24+,25-,31-/m0/s1. The summed E-state index contributed by atoms with van der Waals surface area (Å²) in [4.78, 5) is 1.96. The van der Waals surface area contributed by atoms with E-state index in [0.717, 1.165) is 24.9 Å². The van der Waals surface area contributed by atoms with E-state index in [1.807, 2.05) is 31.1 Å². The largest absolute Gasteiger partial charge is 0.378 e. The van der Waals surface area contributed by atoms with Gasteiger partial charge < -0.3 is 14.5 Å². The summed E-state index contributed by atoms with van der Waals surface area (Å²) in [5.74, 6) is -0.602. The molecule has 0 bridgehead atoms. The zero-order chi connectivity index (χ0) is 22.8. The van der Waals surface area contributed by atoms with E-state index in [-0.39, 0.29) is 12.0 Å². The van der Waals surface area contributed by atoms with Crippen molar-refractivity contribution in [2.45, 2.75) is 52.0 Å². The van der Waals surface area contributed by atoms with Gasteiger partial charge in [0.05, 0.1) is 6.10 Å². The van der Waals surface area contributed by atoms with Gasteiger partial charge in [0.15, 0.2) is 5.85 Å². The van der Waals surface area contributed by atoms with Gasteiger partial charge in [0, 0.05) is 25.1 Å². The molecule has 170 valence electrons. The van der Waals surface area contributed by atoms with Gasteiger partial charge in [-0.05, 0) is 72.6 Å². The second-order valence-corrected chi connectivity index (χ2v) is 11.8. The van der Waals surface area contributed by atoms with Crippen molar-refractivity contribution in [2.75, 3.05) is 19.0 Å². The Morgan fingerprint density at radius 2 is 1.68 bits per heavy atom. The highest BCUT2D eigenvalue weighted by molar-refractivity contribution is 7.67. The van der Waals surface area contributed by atoms with Gasteiger partial charge in [-0.3, -0.25) is 4.57 Å². The first kappa shape index (κ1) is 24.0. The van der Waals surface area contributed by atoms with Crippen LogP contribution in [0.5, 0.6) is 0 Å². The van der Waals surface area contributed by atoms with E-state index >= 15 is 0 Å². The molecular formula is C25H35FNO3P. The minimum atomic E-state index is -3.71. The maximum absolute atomic E-state index is 14.4. The van der Waals surface area contributed by atoms with E-state index < -0.39 is 19.0 Å². The Balaban J connectivity index is 2.02. The maximum atomic E-state index is 14.4. The minimum Gasteiger partial charge on any atom is -0.378 e. The Morgan fingerprint density at radius 3 is 2.23 bits per heavy atom. The second-order valence-electron chi connectivity index (χ2n) is 9.40. The number of nitrogens with zero attached hydrogens (tertiary/aromatic N) is 1. The summed E-state index contributed by atoms with van der Waals surface area (Å²) < 4.78 is 34.4. The molecule has 0 unspecified atom stereocenters. The molecule has 2 aromatic carbocycles. The fourth-order valence-corrected chi connectivity index (χ4v) is 6.78. The Hall–Kier alpha value is -1.68. The van der Waals surface area contributed by atoms with E-state index in [0.29, 0.717) is 22.7 Å². The molecule has 31 heavy (non-hydrogen) atoms. The van der Waals surface area contributed by atoms with Crippen molar-refractivity contribution in [2.24, 2.45) is 17.8 Å². The molecule has 1 aliphatic rings. The van der Waals surface area contributed by atoms with E-state index in [9.17, 15) is 14.1 Å². The molecule has 4 nitrogen and oxygen atoms in total. The molecule has 0 spiro atoms. The molecule has 1 N–H and O–H groups in total. The number of halogens is 1. The van der Waals surface area contributed by atoms with Crippen molar-refractivity contribution in [3.8, 4) is 0 Å². The van der Waals surface area contributed by atoms with Gasteiger partial charge in [-0.15, -0.1) is 0 Å². The molecule has 5 atom stereocenters. The molecule has 0 amide bonds. The second kappa shape index (κ2) is 9.85. The number of aliphatic hydroxyl groups excluding tert-OH is 1. The molecule has 2 aromatic rings. The van der Waals surface area contributed by atoms with Crippen LogP contribution in [0.15, 0.2) is 48.5 Å². The fourth-order valence-electron chi connectivity index (χ4n) is 4.49. The van der Waals surface area contributed by atoms with Crippen molar-refractivity contribution in [1.29, 1.82) is 0 Å². The summed E-state index contributed by atoms with van der Waals surface area (Å²) in [5, 5.41) is 11.7. The zero-order valence-electron chi connectivity index (χ0n) is 19.2. The quantitative estimate of drug-likeness (QED) is 0.532. The summed E-state index contributed by atoms with van der Waals surface area (Å²) >= 11 is 0. The Kier molecular flexibility index (Phi) is 7.62. The lowest BCUT2D eigenvalue weighted by molar-refractivity contribution is 0.0427. The first-order valence-corrected chi connectivity index (χ1v) is 12.8. The van der Waals surface area contributed by atoms with Gasteiger partial charge in [0.25, 0.3) is 7.37 Å². The Labute approximate surface area is 185 Å². The fraction of sp³-hybridized carbons (Fsp3) is 0.520. The molecule has 0 heterocycles. The van der Waals surface area contributed by atoms with Crippen molar-refractivity contribution >= 4 is 18.4 Å². The van der Waals surface area contributed by atoms with Gasteiger partial charge >= 0.3 is 0 Å². The minimum absolute atomic E-state index is 0.196. The SMILES string of the molecule is CC(C)[C@H]1CC[C@H](C)C[C@H]1O[P@@](=O)(c1ccc(N(C)C)cc1)[C@H](O)c1ccc(F)cc1. The van der Waals surface area contributed by atoms with E-state index in [1.54, 1.807) is 12.1 Å². The summed E-state index contributed by atoms with van der Waals surface area (Å²) in [6.07, 6.45) is 2.78. The highest BCUT2D eigenvalue weighted by Gasteiger charge is 2.42. The molecule has 0 aliphatic heterocycles. The number of aliphatic hydroxyl groups is 1. The van der Waals surface area contributed by atoms with Crippen molar-refractivity contribution in [3.05, 3.63) is 59.9 Å². The van der Waals surface area contributed by atoms with Gasteiger partial charge in [-0.25, -0.2) is 4.39 Å². The van der Waals surface area contributed by atoms with Gasteiger partial charge in [0.1, 0.15) is 5.82 Å². The maximum Gasteiger partial charge on any atom is 0.264 e. The third-order valence-electron chi connectivity index (χ3n) is 6.47. The van der Waals surface area contributed by atoms with Crippen LogP contribution >= 0.6 is 7.37 Å². The van der Waals surface area contributed by atoms with Crippen LogP contribution in [-0.4, -0.2) is 25.3 Å². The van der Waals surface area contributed by atoms with E-state index in [2.05, 4.69) is 20.8 Å². The normalized spacial score (nSPS) is 24.6. The third-order valence-corrected chi connectivity index (χ3v) is 9.01. The number of hydrogen-bond acceptors (Lipinski definition) is 4. The molecule has 0 radical (unpaired) electrons. The molecule has 1 fully saturated rings. The highest BCUT2D eigenvalue weighted by atomic mass is 31.2. The zero-order valence-corrected chi connectivity index (χ0v) is 20.1. The van der Waals surface area contributed by atoms with E-state index in [1.165, 1.54) is 24.3 Å². The Morgan fingerprint density at radius 1 is 1.06 bits per heavy atom. The van der Waals surface area contributed by atoms with Crippen LogP contribution in [0.25, 0.3) is 0 Å². The summed E-state index contributed by atoms with van der Waals surface area (Å²) in [6, 6.07) is 12.8. The van der Waals surface area contributed by atoms with Crippen LogP contribution < -0.4 is 10.2 Å². The average Bonchev–Trinajstić information content (AvgIpc) is 2.73. The highest BCUT2D eigenvalue weighted by Crippen LogP contribution is 2.60. The molecule has 0 saturated heterocycles. The first-order chi connectivity index (χ1) is 14.6. The summed E-state index contributed by atoms with van der Waals surface area (Å²) in [5.41, 5.74) is 1.37. The van der Waals surface area contributed by atoms with Crippen LogP contribution in [0, 0.1) is 23.6 Å². The number of hydrogen-bond donors (Lipinski definition) is 1. The Bertz CT molecular complexity index is 898. The molecular weight excluding hydrogens is 412 g/mol. The average molecular weight is 448 g/mol. The predicted molar refractivity (Wildman–Crippen MR) is 126 cm³/mol. The van der Waals surface area contributed by atoms with Crippen molar-refractivity contribution in [3.63, 3.8) is 0 Å². The van der Waals surface area contributed by atoms with E-state index in [4.69, 9.17) is 4.52 Å². The monoisotopic (exact) mass is 447 g/mol. The third kappa shape index (κ3) is 5.39. The van der Waals surface area contributed by atoms with Crippen molar-refractivity contribution in [1.82, 2.24) is 0 Å². The molecule has 1 aliphatic carbocycles. The predicted octanol–water partition coefficient (Wildman–Crippen LogP) is 5.96. The number of anilines is 1. The van der Waals surface area contributed by atoms with Gasteiger partial charge in [-0.2, -0.15) is 0 Å². The van der Waals surface area contributed by atoms with Crippen LogP contribution in [0.2, 0.25) is 0 Å². The summed E-state index contributed by atoms with van der Waals surface area (Å²) in [7, 11) is 0.172. The van der Waals surface area contributed by atoms with Gasteiger partial charge in [-0.1, -0.05) is 39.3 Å². The lowest BCUT2D eigenvalue weighted by atomic mass is 9.75. The van der Waals surface area contributed by atoms with Crippen molar-refractivity contribution < 1.29 is 18.6 Å². The van der Waals surface area contributed by atoms with Crippen LogP contribution in [0.1, 0.15) is 51.4 Å². The molecule has 6 heteroatoms. The van der Waals surface area contributed by atoms with Crippen LogP contribution in [-0.2, 0) is 9.09 Å². The molecule has 1 saturated carbocycles. The topological polar surface area (TPSA) is 49.8 Å². The smallest absolute Gasteiger partial charge is 0.264 e.